The predicted molar refractivity (Wildman–Crippen MR) is 84.2 cm³/mol. The number of anilines is 2. The van der Waals surface area contributed by atoms with Gasteiger partial charge in [-0.1, -0.05) is 11.6 Å². The number of nitrogens with zero attached hydrogens (tertiary/aromatic N) is 6. The summed E-state index contributed by atoms with van der Waals surface area (Å²) < 4.78 is 15.0. The van der Waals surface area contributed by atoms with Gasteiger partial charge in [0, 0.05) is 24.8 Å². The van der Waals surface area contributed by atoms with E-state index in [0.29, 0.717) is 11.5 Å². The number of hydrogen-bond donors (Lipinski definition) is 1. The summed E-state index contributed by atoms with van der Waals surface area (Å²) in [6.07, 6.45) is 0.930. The predicted octanol–water partition coefficient (Wildman–Crippen LogP) is 2.00. The summed E-state index contributed by atoms with van der Waals surface area (Å²) in [5.74, 6) is 0.310. The molecule has 3 heterocycles. The minimum absolute atomic E-state index is 0.140. The second kappa shape index (κ2) is 5.62. The molecule has 0 saturated carbocycles. The molecule has 1 aliphatic rings. The number of tetrazole rings is 1. The Bertz CT molecular complexity index is 852. The summed E-state index contributed by atoms with van der Waals surface area (Å²) in [7, 11) is 0. The molecule has 3 aromatic rings. The summed E-state index contributed by atoms with van der Waals surface area (Å²) in [4.78, 5) is 2.12. The smallest absolute Gasteiger partial charge is 0.200 e. The van der Waals surface area contributed by atoms with Gasteiger partial charge in [-0.25, -0.2) is 4.39 Å². The number of benzene rings is 1. The quantitative estimate of drug-likeness (QED) is 0.790. The molecule has 0 amide bonds. The molecule has 0 spiro atoms. The highest BCUT2D eigenvalue weighted by Crippen LogP contribution is 2.25. The Hall–Kier alpha value is -2.48. The highest BCUT2D eigenvalue weighted by Gasteiger charge is 2.23. The van der Waals surface area contributed by atoms with Crippen molar-refractivity contribution >= 4 is 28.8 Å². The van der Waals surface area contributed by atoms with Crippen molar-refractivity contribution < 1.29 is 4.39 Å². The molecule has 1 N–H and O–H groups in total. The van der Waals surface area contributed by atoms with Gasteiger partial charge in [-0.2, -0.15) is 0 Å². The lowest BCUT2D eigenvalue weighted by molar-refractivity contribution is 0.627. The van der Waals surface area contributed by atoms with E-state index in [4.69, 9.17) is 11.6 Å². The number of aromatic nitrogens is 5. The van der Waals surface area contributed by atoms with E-state index in [2.05, 4.69) is 30.8 Å². The van der Waals surface area contributed by atoms with Crippen molar-refractivity contribution in [1.82, 2.24) is 25.3 Å². The van der Waals surface area contributed by atoms with Crippen molar-refractivity contribution in [3.05, 3.63) is 41.2 Å². The number of rotatable bonds is 3. The van der Waals surface area contributed by atoms with Gasteiger partial charge in [0.25, 0.3) is 0 Å². The third-order valence-electron chi connectivity index (χ3n) is 3.88. The fraction of sp³-hybridized carbons (Fsp3) is 0.286. The molecular weight excluding hydrogens is 321 g/mol. The molecule has 7 nitrogen and oxygen atoms in total. The molecule has 1 aromatic carbocycles. The van der Waals surface area contributed by atoms with Crippen molar-refractivity contribution in [3.63, 3.8) is 0 Å². The average molecular weight is 334 g/mol. The SMILES string of the molecule is Fc1cc(N2CCC(Nc3ccc4nnnn4n3)C2)ccc1Cl. The molecule has 1 fully saturated rings. The molecule has 2 aromatic heterocycles. The van der Waals surface area contributed by atoms with Gasteiger partial charge in [0.05, 0.1) is 5.02 Å². The third-order valence-corrected chi connectivity index (χ3v) is 4.18. The number of nitrogens with one attached hydrogen (secondary N) is 1. The van der Waals surface area contributed by atoms with E-state index >= 15 is 0 Å². The highest BCUT2D eigenvalue weighted by atomic mass is 35.5. The van der Waals surface area contributed by atoms with Gasteiger partial charge in [-0.05, 0) is 47.2 Å². The molecule has 1 aliphatic heterocycles. The standard InChI is InChI=1S/C14H13ClFN7/c15-11-2-1-10(7-12(11)16)22-6-5-9(8-22)17-13-3-4-14-18-20-21-23(14)19-13/h1-4,7,9H,5-6,8H2,(H,17,19). The maximum Gasteiger partial charge on any atom is 0.200 e. The average Bonchev–Trinajstić information content (AvgIpc) is 3.19. The molecule has 1 unspecified atom stereocenters. The monoisotopic (exact) mass is 333 g/mol. The zero-order chi connectivity index (χ0) is 15.8. The van der Waals surface area contributed by atoms with E-state index in [1.807, 2.05) is 12.1 Å². The first-order valence-electron chi connectivity index (χ1n) is 7.21. The number of hydrogen-bond acceptors (Lipinski definition) is 6. The van der Waals surface area contributed by atoms with Gasteiger partial charge in [0.15, 0.2) is 5.65 Å². The van der Waals surface area contributed by atoms with Crippen LogP contribution in [-0.4, -0.2) is 44.4 Å². The van der Waals surface area contributed by atoms with Crippen LogP contribution in [0.15, 0.2) is 30.3 Å². The van der Waals surface area contributed by atoms with Gasteiger partial charge >= 0.3 is 0 Å². The second-order valence-corrected chi connectivity index (χ2v) is 5.83. The lowest BCUT2D eigenvalue weighted by atomic mass is 10.2. The van der Waals surface area contributed by atoms with E-state index in [9.17, 15) is 4.39 Å². The van der Waals surface area contributed by atoms with E-state index in [1.54, 1.807) is 12.1 Å². The van der Waals surface area contributed by atoms with E-state index in [0.717, 1.165) is 25.2 Å². The van der Waals surface area contributed by atoms with Crippen LogP contribution in [0.2, 0.25) is 5.02 Å². The molecule has 9 heteroatoms. The molecule has 0 bridgehead atoms. The number of fused-ring (bicyclic) bond motifs is 1. The van der Waals surface area contributed by atoms with Crippen LogP contribution in [0.1, 0.15) is 6.42 Å². The Morgan fingerprint density at radius 3 is 3.04 bits per heavy atom. The van der Waals surface area contributed by atoms with Crippen LogP contribution in [0.25, 0.3) is 5.65 Å². The van der Waals surface area contributed by atoms with Crippen molar-refractivity contribution in [2.75, 3.05) is 23.3 Å². The Kier molecular flexibility index (Phi) is 3.45. The minimum Gasteiger partial charge on any atom is -0.369 e. The fourth-order valence-electron chi connectivity index (χ4n) is 2.73. The summed E-state index contributed by atoms with van der Waals surface area (Å²) in [5.41, 5.74) is 1.43. The third kappa shape index (κ3) is 2.77. The minimum atomic E-state index is -0.397. The van der Waals surface area contributed by atoms with Gasteiger partial charge in [0.1, 0.15) is 11.6 Å². The Morgan fingerprint density at radius 1 is 1.26 bits per heavy atom. The first kappa shape index (κ1) is 14.1. The van der Waals surface area contributed by atoms with Crippen LogP contribution in [0.3, 0.4) is 0 Å². The molecule has 23 heavy (non-hydrogen) atoms. The Morgan fingerprint density at radius 2 is 2.17 bits per heavy atom. The first-order valence-corrected chi connectivity index (χ1v) is 7.59. The molecule has 0 radical (unpaired) electrons. The summed E-state index contributed by atoms with van der Waals surface area (Å²) in [5, 5.41) is 18.9. The zero-order valence-electron chi connectivity index (χ0n) is 12.0. The Labute approximate surface area is 136 Å². The van der Waals surface area contributed by atoms with Crippen LogP contribution >= 0.6 is 11.6 Å². The van der Waals surface area contributed by atoms with Crippen LogP contribution < -0.4 is 10.2 Å². The van der Waals surface area contributed by atoms with Crippen molar-refractivity contribution in [1.29, 1.82) is 0 Å². The highest BCUT2D eigenvalue weighted by molar-refractivity contribution is 6.30. The molecule has 118 valence electrons. The lowest BCUT2D eigenvalue weighted by Gasteiger charge is -2.19. The normalized spacial score (nSPS) is 17.8. The maximum atomic E-state index is 13.6. The summed E-state index contributed by atoms with van der Waals surface area (Å²) in [6, 6.07) is 8.75. The van der Waals surface area contributed by atoms with Crippen LogP contribution in [0, 0.1) is 5.82 Å². The second-order valence-electron chi connectivity index (χ2n) is 5.42. The molecule has 1 atom stereocenters. The summed E-state index contributed by atoms with van der Waals surface area (Å²) in [6.45, 7) is 1.60. The van der Waals surface area contributed by atoms with Crippen LogP contribution in [0.5, 0.6) is 0 Å². The van der Waals surface area contributed by atoms with Gasteiger partial charge in [0.2, 0.25) is 0 Å². The Balaban J connectivity index is 1.46. The van der Waals surface area contributed by atoms with Crippen molar-refractivity contribution in [3.8, 4) is 0 Å². The van der Waals surface area contributed by atoms with Crippen LogP contribution in [-0.2, 0) is 0 Å². The van der Waals surface area contributed by atoms with E-state index < -0.39 is 5.82 Å². The molecule has 1 saturated heterocycles. The van der Waals surface area contributed by atoms with E-state index in [-0.39, 0.29) is 11.1 Å². The van der Waals surface area contributed by atoms with E-state index in [1.165, 1.54) is 10.7 Å². The fourth-order valence-corrected chi connectivity index (χ4v) is 2.85. The maximum absolute atomic E-state index is 13.6. The first-order chi connectivity index (χ1) is 11.2. The molecule has 4 rings (SSSR count). The molecule has 0 aliphatic carbocycles. The summed E-state index contributed by atoms with van der Waals surface area (Å²) >= 11 is 5.73. The van der Waals surface area contributed by atoms with Crippen molar-refractivity contribution in [2.45, 2.75) is 12.5 Å². The number of halogens is 2. The topological polar surface area (TPSA) is 71.2 Å². The van der Waals surface area contributed by atoms with Gasteiger partial charge < -0.3 is 10.2 Å². The van der Waals surface area contributed by atoms with Crippen LogP contribution in [0.4, 0.5) is 15.9 Å². The van der Waals surface area contributed by atoms with Gasteiger partial charge in [-0.15, -0.1) is 14.8 Å². The van der Waals surface area contributed by atoms with Crippen molar-refractivity contribution in [2.24, 2.45) is 0 Å². The van der Waals surface area contributed by atoms with Gasteiger partial charge in [-0.3, -0.25) is 0 Å². The zero-order valence-corrected chi connectivity index (χ0v) is 12.8. The largest absolute Gasteiger partial charge is 0.369 e. The molecular formula is C14H13ClFN7. The lowest BCUT2D eigenvalue weighted by Crippen LogP contribution is -2.26.